The van der Waals surface area contributed by atoms with Crippen LogP contribution in [0.15, 0.2) is 28.7 Å². The SMILES string of the molecule is CCCCCCCCC#C[C@H](c1ccc(Br)cc1)N1CCC[C@H]1CN1CCCC1. The van der Waals surface area contributed by atoms with Gasteiger partial charge in [-0.2, -0.15) is 0 Å². The number of hydrogen-bond acceptors (Lipinski definition) is 2. The van der Waals surface area contributed by atoms with Crippen molar-refractivity contribution in [1.29, 1.82) is 0 Å². The van der Waals surface area contributed by atoms with Crippen LogP contribution in [0, 0.1) is 11.8 Å². The molecule has 0 aliphatic carbocycles. The van der Waals surface area contributed by atoms with Gasteiger partial charge in [0.05, 0.1) is 6.04 Å². The van der Waals surface area contributed by atoms with Crippen molar-refractivity contribution in [3.05, 3.63) is 34.3 Å². The Bertz CT molecular complexity index is 639. The number of likely N-dealkylation sites (tertiary alicyclic amines) is 2. The lowest BCUT2D eigenvalue weighted by Crippen LogP contribution is -2.41. The van der Waals surface area contributed by atoms with E-state index in [2.05, 4.69) is 68.8 Å². The van der Waals surface area contributed by atoms with Gasteiger partial charge in [0.1, 0.15) is 0 Å². The van der Waals surface area contributed by atoms with Crippen molar-refractivity contribution in [1.82, 2.24) is 9.80 Å². The highest BCUT2D eigenvalue weighted by molar-refractivity contribution is 9.10. The van der Waals surface area contributed by atoms with Crippen molar-refractivity contribution < 1.29 is 0 Å². The molecule has 0 spiro atoms. The predicted octanol–water partition coefficient (Wildman–Crippen LogP) is 6.80. The predicted molar refractivity (Wildman–Crippen MR) is 128 cm³/mol. The minimum absolute atomic E-state index is 0.248. The summed E-state index contributed by atoms with van der Waals surface area (Å²) in [5, 5.41) is 0. The molecule has 0 bridgehead atoms. The maximum absolute atomic E-state index is 3.70. The van der Waals surface area contributed by atoms with Gasteiger partial charge in [0, 0.05) is 30.0 Å². The minimum Gasteiger partial charge on any atom is -0.302 e. The molecule has 2 atom stereocenters. The van der Waals surface area contributed by atoms with Crippen molar-refractivity contribution >= 4 is 15.9 Å². The molecule has 29 heavy (non-hydrogen) atoms. The Kier molecular flexibility index (Phi) is 10.1. The Labute approximate surface area is 187 Å². The molecule has 2 aliphatic heterocycles. The Balaban J connectivity index is 1.62. The van der Waals surface area contributed by atoms with Crippen LogP contribution in [0.5, 0.6) is 0 Å². The van der Waals surface area contributed by atoms with E-state index in [1.165, 1.54) is 96.0 Å². The Morgan fingerprint density at radius 2 is 1.69 bits per heavy atom. The van der Waals surface area contributed by atoms with E-state index in [0.717, 1.165) is 10.9 Å². The summed E-state index contributed by atoms with van der Waals surface area (Å²) in [5.41, 5.74) is 1.36. The molecule has 0 unspecified atom stereocenters. The summed E-state index contributed by atoms with van der Waals surface area (Å²) in [4.78, 5) is 5.38. The Morgan fingerprint density at radius 3 is 2.45 bits per heavy atom. The summed E-state index contributed by atoms with van der Waals surface area (Å²) >= 11 is 3.59. The lowest BCUT2D eigenvalue weighted by Gasteiger charge is -2.32. The van der Waals surface area contributed by atoms with Crippen LogP contribution in [-0.4, -0.2) is 42.0 Å². The molecule has 1 aromatic rings. The molecule has 0 amide bonds. The molecule has 2 aliphatic rings. The van der Waals surface area contributed by atoms with Crippen LogP contribution in [0.4, 0.5) is 0 Å². The van der Waals surface area contributed by atoms with E-state index in [1.807, 2.05) is 0 Å². The maximum Gasteiger partial charge on any atom is 0.0973 e. The number of unbranched alkanes of at least 4 members (excludes halogenated alkanes) is 6. The fourth-order valence-electron chi connectivity index (χ4n) is 4.82. The van der Waals surface area contributed by atoms with E-state index >= 15 is 0 Å². The van der Waals surface area contributed by atoms with Gasteiger partial charge in [-0.15, -0.1) is 5.92 Å². The highest BCUT2D eigenvalue weighted by atomic mass is 79.9. The molecule has 2 saturated heterocycles. The second-order valence-corrected chi connectivity index (χ2v) is 9.75. The van der Waals surface area contributed by atoms with Gasteiger partial charge in [0.15, 0.2) is 0 Å². The molecule has 2 nitrogen and oxygen atoms in total. The largest absolute Gasteiger partial charge is 0.302 e. The van der Waals surface area contributed by atoms with Crippen molar-refractivity contribution in [2.75, 3.05) is 26.2 Å². The smallest absolute Gasteiger partial charge is 0.0973 e. The molecule has 0 aromatic heterocycles. The third-order valence-corrected chi connectivity index (χ3v) is 7.03. The topological polar surface area (TPSA) is 6.48 Å². The number of benzene rings is 1. The molecular formula is C26H39BrN2. The molecule has 2 fully saturated rings. The lowest BCUT2D eigenvalue weighted by molar-refractivity contribution is 0.168. The van der Waals surface area contributed by atoms with E-state index in [-0.39, 0.29) is 6.04 Å². The molecule has 3 rings (SSSR count). The first-order chi connectivity index (χ1) is 14.3. The van der Waals surface area contributed by atoms with Gasteiger partial charge in [0.2, 0.25) is 0 Å². The highest BCUT2D eigenvalue weighted by Crippen LogP contribution is 2.31. The molecular weight excluding hydrogens is 420 g/mol. The third kappa shape index (κ3) is 7.42. The standard InChI is InChI=1S/C26H39BrN2/c1-2-3-4-5-6-7-8-9-14-26(23-15-17-24(27)18-16-23)29-21-12-13-25(29)22-28-19-10-11-20-28/h15-18,25-26H,2-8,10-13,19-22H2,1H3/t25-,26+/m0/s1. The minimum atomic E-state index is 0.248. The van der Waals surface area contributed by atoms with E-state index in [1.54, 1.807) is 0 Å². The van der Waals surface area contributed by atoms with E-state index in [0.29, 0.717) is 6.04 Å². The van der Waals surface area contributed by atoms with Crippen LogP contribution in [0.25, 0.3) is 0 Å². The molecule has 0 saturated carbocycles. The number of rotatable bonds is 10. The van der Waals surface area contributed by atoms with Crippen LogP contribution < -0.4 is 0 Å². The summed E-state index contributed by atoms with van der Waals surface area (Å²) in [6.07, 6.45) is 14.5. The first kappa shape index (κ1) is 22.9. The van der Waals surface area contributed by atoms with Crippen LogP contribution in [0.1, 0.15) is 89.2 Å². The van der Waals surface area contributed by atoms with Crippen molar-refractivity contribution in [3.8, 4) is 11.8 Å². The first-order valence-corrected chi connectivity index (χ1v) is 12.8. The van der Waals surface area contributed by atoms with Crippen molar-refractivity contribution in [2.45, 2.75) is 89.6 Å². The van der Waals surface area contributed by atoms with Crippen LogP contribution in [0.3, 0.4) is 0 Å². The third-order valence-electron chi connectivity index (χ3n) is 6.50. The van der Waals surface area contributed by atoms with Gasteiger partial charge in [-0.25, -0.2) is 0 Å². The van der Waals surface area contributed by atoms with Crippen LogP contribution in [0.2, 0.25) is 0 Å². The summed E-state index contributed by atoms with van der Waals surface area (Å²) in [5.74, 6) is 7.26. The number of hydrogen-bond donors (Lipinski definition) is 0. The van der Waals surface area contributed by atoms with Gasteiger partial charge in [0.25, 0.3) is 0 Å². The average Bonchev–Trinajstić information content (AvgIpc) is 3.41. The maximum atomic E-state index is 3.70. The van der Waals surface area contributed by atoms with E-state index in [9.17, 15) is 0 Å². The van der Waals surface area contributed by atoms with Gasteiger partial charge in [-0.1, -0.05) is 73.0 Å². The van der Waals surface area contributed by atoms with Crippen LogP contribution >= 0.6 is 15.9 Å². The quantitative estimate of drug-likeness (QED) is 0.280. The second kappa shape index (κ2) is 12.8. The van der Waals surface area contributed by atoms with Crippen molar-refractivity contribution in [3.63, 3.8) is 0 Å². The molecule has 0 radical (unpaired) electrons. The summed E-state index contributed by atoms with van der Waals surface area (Å²) < 4.78 is 1.15. The summed E-state index contributed by atoms with van der Waals surface area (Å²) in [6, 6.07) is 9.77. The molecule has 3 heteroatoms. The Hall–Kier alpha value is -0.820. The van der Waals surface area contributed by atoms with Gasteiger partial charge in [-0.3, -0.25) is 4.90 Å². The van der Waals surface area contributed by atoms with Gasteiger partial charge < -0.3 is 4.90 Å². The molecule has 0 N–H and O–H groups in total. The molecule has 160 valence electrons. The van der Waals surface area contributed by atoms with E-state index < -0.39 is 0 Å². The zero-order chi connectivity index (χ0) is 20.3. The first-order valence-electron chi connectivity index (χ1n) is 12.0. The summed E-state index contributed by atoms with van der Waals surface area (Å²) in [6.45, 7) is 7.27. The summed E-state index contributed by atoms with van der Waals surface area (Å²) in [7, 11) is 0. The molecule has 1 aromatic carbocycles. The number of nitrogens with zero attached hydrogens (tertiary/aromatic N) is 2. The van der Waals surface area contributed by atoms with Gasteiger partial charge in [-0.05, 0) is 62.9 Å². The Morgan fingerprint density at radius 1 is 0.966 bits per heavy atom. The number of halogens is 1. The van der Waals surface area contributed by atoms with Crippen molar-refractivity contribution in [2.24, 2.45) is 0 Å². The normalized spacial score (nSPS) is 21.2. The zero-order valence-corrected chi connectivity index (χ0v) is 19.9. The average molecular weight is 460 g/mol. The fraction of sp³-hybridized carbons (Fsp3) is 0.692. The lowest BCUT2D eigenvalue weighted by atomic mass is 10.0. The zero-order valence-electron chi connectivity index (χ0n) is 18.3. The second-order valence-electron chi connectivity index (χ2n) is 8.83. The molecule has 2 heterocycles. The monoisotopic (exact) mass is 458 g/mol. The fourth-order valence-corrected chi connectivity index (χ4v) is 5.09. The van der Waals surface area contributed by atoms with Gasteiger partial charge >= 0.3 is 0 Å². The highest BCUT2D eigenvalue weighted by Gasteiger charge is 2.32. The van der Waals surface area contributed by atoms with Crippen LogP contribution in [-0.2, 0) is 0 Å². The van der Waals surface area contributed by atoms with E-state index in [4.69, 9.17) is 0 Å².